The highest BCUT2D eigenvalue weighted by molar-refractivity contribution is 9.10. The quantitative estimate of drug-likeness (QED) is 0.373. The summed E-state index contributed by atoms with van der Waals surface area (Å²) in [6.07, 6.45) is 0. The van der Waals surface area contributed by atoms with Gasteiger partial charge >= 0.3 is 0 Å². The van der Waals surface area contributed by atoms with Gasteiger partial charge in [-0.2, -0.15) is 0 Å². The summed E-state index contributed by atoms with van der Waals surface area (Å²) in [5.41, 5.74) is 6.95. The van der Waals surface area contributed by atoms with E-state index in [-0.39, 0.29) is 0 Å². The van der Waals surface area contributed by atoms with Crippen LogP contribution >= 0.6 is 15.9 Å². The number of nitrogens with zero attached hydrogens (tertiary/aromatic N) is 1. The first-order chi connectivity index (χ1) is 13.0. The highest BCUT2D eigenvalue weighted by atomic mass is 79.9. The lowest BCUT2D eigenvalue weighted by atomic mass is 9.92. The largest absolute Gasteiger partial charge is 0.247 e. The van der Waals surface area contributed by atoms with E-state index in [9.17, 15) is 0 Å². The van der Waals surface area contributed by atoms with Crippen molar-refractivity contribution in [3.05, 3.63) is 99.5 Å². The fraction of sp³-hybridized carbons (Fsp3) is 0.240. The number of hydrogen-bond acceptors (Lipinski definition) is 1. The van der Waals surface area contributed by atoms with Crippen LogP contribution in [0.3, 0.4) is 0 Å². The molecule has 0 saturated heterocycles. The standard InChI is InChI=1S/C25H26BrN/c1-17(2)22-14-9-15-23(18(3)4)25(22)27-24(19-10-6-5-7-11-19)20-12-8-13-21(26)16-20/h5-18H,1-4H3/b27-24-. The monoisotopic (exact) mass is 419 g/mol. The average Bonchev–Trinajstić information content (AvgIpc) is 2.66. The fourth-order valence-corrected chi connectivity index (χ4v) is 3.68. The van der Waals surface area contributed by atoms with Crippen molar-refractivity contribution >= 4 is 27.3 Å². The summed E-state index contributed by atoms with van der Waals surface area (Å²) >= 11 is 3.61. The van der Waals surface area contributed by atoms with Crippen molar-refractivity contribution in [2.75, 3.05) is 0 Å². The van der Waals surface area contributed by atoms with Crippen molar-refractivity contribution in [1.82, 2.24) is 0 Å². The van der Waals surface area contributed by atoms with Crippen molar-refractivity contribution < 1.29 is 0 Å². The first-order valence-corrected chi connectivity index (χ1v) is 10.3. The molecule has 138 valence electrons. The van der Waals surface area contributed by atoms with Gasteiger partial charge in [-0.05, 0) is 35.1 Å². The lowest BCUT2D eigenvalue weighted by Gasteiger charge is -2.18. The van der Waals surface area contributed by atoms with Crippen molar-refractivity contribution in [3.63, 3.8) is 0 Å². The van der Waals surface area contributed by atoms with E-state index < -0.39 is 0 Å². The van der Waals surface area contributed by atoms with Gasteiger partial charge in [0.25, 0.3) is 0 Å². The molecule has 0 aliphatic rings. The maximum absolute atomic E-state index is 5.28. The molecule has 0 unspecified atom stereocenters. The SMILES string of the molecule is CC(C)c1cccc(C(C)C)c1/N=C(/c1ccccc1)c1cccc(Br)c1. The predicted octanol–water partition coefficient (Wildman–Crippen LogP) is 7.87. The maximum Gasteiger partial charge on any atom is 0.0782 e. The normalized spacial score (nSPS) is 12.0. The van der Waals surface area contributed by atoms with Gasteiger partial charge in [-0.1, -0.05) is 104 Å². The molecule has 0 N–H and O–H groups in total. The highest BCUT2D eigenvalue weighted by Gasteiger charge is 2.16. The van der Waals surface area contributed by atoms with Crippen LogP contribution in [-0.2, 0) is 0 Å². The number of aliphatic imine (C=N–C) groups is 1. The third-order valence-corrected chi connectivity index (χ3v) is 5.20. The van der Waals surface area contributed by atoms with Crippen LogP contribution in [0.1, 0.15) is 61.8 Å². The van der Waals surface area contributed by atoms with Gasteiger partial charge in [0.2, 0.25) is 0 Å². The fourth-order valence-electron chi connectivity index (χ4n) is 3.28. The van der Waals surface area contributed by atoms with E-state index in [4.69, 9.17) is 4.99 Å². The molecular weight excluding hydrogens is 394 g/mol. The van der Waals surface area contributed by atoms with Gasteiger partial charge in [-0.25, -0.2) is 4.99 Å². The van der Waals surface area contributed by atoms with Crippen LogP contribution in [0.2, 0.25) is 0 Å². The Morgan fingerprint density at radius 1 is 0.704 bits per heavy atom. The number of halogens is 1. The van der Waals surface area contributed by atoms with Crippen molar-refractivity contribution in [3.8, 4) is 0 Å². The zero-order valence-corrected chi connectivity index (χ0v) is 18.0. The van der Waals surface area contributed by atoms with Gasteiger partial charge in [0.05, 0.1) is 11.4 Å². The van der Waals surface area contributed by atoms with E-state index in [1.165, 1.54) is 11.1 Å². The lowest BCUT2D eigenvalue weighted by molar-refractivity contribution is 0.834. The Kier molecular flexibility index (Phi) is 6.28. The molecule has 0 aromatic heterocycles. The molecule has 27 heavy (non-hydrogen) atoms. The number of benzene rings is 3. The van der Waals surface area contributed by atoms with Crippen LogP contribution < -0.4 is 0 Å². The van der Waals surface area contributed by atoms with Gasteiger partial charge < -0.3 is 0 Å². The Bertz CT molecular complexity index is 913. The number of hydrogen-bond donors (Lipinski definition) is 0. The minimum atomic E-state index is 0.419. The van der Waals surface area contributed by atoms with Crippen LogP contribution in [-0.4, -0.2) is 5.71 Å². The van der Waals surface area contributed by atoms with Crippen LogP contribution in [0.15, 0.2) is 82.3 Å². The molecule has 0 saturated carbocycles. The zero-order valence-electron chi connectivity index (χ0n) is 16.4. The molecule has 2 heteroatoms. The second kappa shape index (κ2) is 8.67. The summed E-state index contributed by atoms with van der Waals surface area (Å²) < 4.78 is 1.06. The zero-order chi connectivity index (χ0) is 19.4. The lowest BCUT2D eigenvalue weighted by Crippen LogP contribution is -2.05. The Labute approximate surface area is 171 Å². The van der Waals surface area contributed by atoms with Crippen molar-refractivity contribution in [1.29, 1.82) is 0 Å². The van der Waals surface area contributed by atoms with Gasteiger partial charge in [0.15, 0.2) is 0 Å². The summed E-state index contributed by atoms with van der Waals surface area (Å²) in [7, 11) is 0. The molecule has 3 aromatic carbocycles. The topological polar surface area (TPSA) is 12.4 Å². The van der Waals surface area contributed by atoms with Crippen molar-refractivity contribution in [2.24, 2.45) is 4.99 Å². The second-order valence-electron chi connectivity index (χ2n) is 7.43. The summed E-state index contributed by atoms with van der Waals surface area (Å²) in [4.78, 5) is 5.28. The molecule has 1 nitrogen and oxygen atoms in total. The Morgan fingerprint density at radius 3 is 1.81 bits per heavy atom. The molecule has 0 atom stereocenters. The van der Waals surface area contributed by atoms with Crippen LogP contribution in [0.4, 0.5) is 5.69 Å². The Hall–Kier alpha value is -2.19. The van der Waals surface area contributed by atoms with E-state index in [0.717, 1.165) is 27.0 Å². The summed E-state index contributed by atoms with van der Waals surface area (Å²) in [5.74, 6) is 0.837. The predicted molar refractivity (Wildman–Crippen MR) is 121 cm³/mol. The summed E-state index contributed by atoms with van der Waals surface area (Å²) in [6.45, 7) is 8.94. The number of para-hydroxylation sites is 1. The molecular formula is C25H26BrN. The van der Waals surface area contributed by atoms with E-state index in [1.54, 1.807) is 0 Å². The first-order valence-electron chi connectivity index (χ1n) is 9.50. The maximum atomic E-state index is 5.28. The molecule has 0 aliphatic heterocycles. The van der Waals surface area contributed by atoms with E-state index in [0.29, 0.717) is 11.8 Å². The smallest absolute Gasteiger partial charge is 0.0782 e. The van der Waals surface area contributed by atoms with Gasteiger partial charge in [-0.3, -0.25) is 0 Å². The second-order valence-corrected chi connectivity index (χ2v) is 8.35. The van der Waals surface area contributed by atoms with Crippen LogP contribution in [0.25, 0.3) is 0 Å². The molecule has 3 rings (SSSR count). The molecule has 0 fully saturated rings. The highest BCUT2D eigenvalue weighted by Crippen LogP contribution is 2.36. The summed E-state index contributed by atoms with van der Waals surface area (Å²) in [6, 6.07) is 25.4. The van der Waals surface area contributed by atoms with Crippen molar-refractivity contribution in [2.45, 2.75) is 39.5 Å². The van der Waals surface area contributed by atoms with E-state index in [1.807, 2.05) is 12.1 Å². The first kappa shape index (κ1) is 19.6. The Balaban J connectivity index is 2.29. The summed E-state index contributed by atoms with van der Waals surface area (Å²) in [5, 5.41) is 0. The Morgan fingerprint density at radius 2 is 1.26 bits per heavy atom. The molecule has 0 aliphatic carbocycles. The molecule has 0 radical (unpaired) electrons. The minimum absolute atomic E-state index is 0.419. The molecule has 3 aromatic rings. The average molecular weight is 420 g/mol. The molecule has 0 spiro atoms. The van der Waals surface area contributed by atoms with E-state index >= 15 is 0 Å². The van der Waals surface area contributed by atoms with Gasteiger partial charge in [0.1, 0.15) is 0 Å². The minimum Gasteiger partial charge on any atom is -0.247 e. The molecule has 0 heterocycles. The van der Waals surface area contributed by atoms with Crippen LogP contribution in [0.5, 0.6) is 0 Å². The molecule has 0 bridgehead atoms. The van der Waals surface area contributed by atoms with Gasteiger partial charge in [-0.15, -0.1) is 0 Å². The van der Waals surface area contributed by atoms with Gasteiger partial charge in [0, 0.05) is 15.6 Å². The number of rotatable bonds is 5. The van der Waals surface area contributed by atoms with Crippen LogP contribution in [0, 0.1) is 0 Å². The molecule has 0 amide bonds. The third kappa shape index (κ3) is 4.56. The third-order valence-electron chi connectivity index (χ3n) is 4.71. The van der Waals surface area contributed by atoms with E-state index in [2.05, 4.69) is 104 Å².